The van der Waals surface area contributed by atoms with E-state index < -0.39 is 5.66 Å². The summed E-state index contributed by atoms with van der Waals surface area (Å²) in [4.78, 5) is 30.7. The third kappa shape index (κ3) is 1.26. The van der Waals surface area contributed by atoms with Gasteiger partial charge in [-0.1, -0.05) is 12.1 Å². The van der Waals surface area contributed by atoms with Crippen LogP contribution in [0.3, 0.4) is 0 Å². The van der Waals surface area contributed by atoms with Crippen molar-refractivity contribution in [1.29, 1.82) is 0 Å². The van der Waals surface area contributed by atoms with Gasteiger partial charge in [-0.25, -0.2) is 0 Å². The fourth-order valence-corrected chi connectivity index (χ4v) is 6.21. The molecule has 5 heteroatoms. The number of nitrogens with zero attached hydrogens (tertiary/aromatic N) is 1. The summed E-state index contributed by atoms with van der Waals surface area (Å²) in [6, 6.07) is 8.20. The van der Waals surface area contributed by atoms with E-state index in [9.17, 15) is 9.59 Å². The molecular formula is C18H23N3O2+2. The molecule has 23 heavy (non-hydrogen) atoms. The highest BCUT2D eigenvalue weighted by Crippen LogP contribution is 2.42. The van der Waals surface area contributed by atoms with Crippen molar-refractivity contribution in [3.63, 3.8) is 0 Å². The van der Waals surface area contributed by atoms with E-state index in [2.05, 4.69) is 19.9 Å². The normalized spacial score (nSPS) is 46.8. The maximum absolute atomic E-state index is 13.4. The molecule has 0 saturated carbocycles. The smallest absolute Gasteiger partial charge is 0.303 e. The van der Waals surface area contributed by atoms with E-state index in [-0.39, 0.29) is 16.7 Å². The van der Waals surface area contributed by atoms with Crippen LogP contribution in [0.4, 0.5) is 5.69 Å². The van der Waals surface area contributed by atoms with E-state index in [0.717, 1.165) is 37.4 Å². The van der Waals surface area contributed by atoms with E-state index in [4.69, 9.17) is 0 Å². The second-order valence-electron chi connectivity index (χ2n) is 8.50. The van der Waals surface area contributed by atoms with Gasteiger partial charge in [-0.15, -0.1) is 0 Å². The lowest BCUT2D eigenvalue weighted by molar-refractivity contribution is -1.20. The van der Waals surface area contributed by atoms with Gasteiger partial charge in [0.25, 0.3) is 0 Å². The number of hydrogen-bond acceptors (Lipinski definition) is 2. The summed E-state index contributed by atoms with van der Waals surface area (Å²) in [6.45, 7) is 7.32. The Morgan fingerprint density at radius 3 is 2.04 bits per heavy atom. The number of Topliss-reactive ketones (excluding diaryl/α,β-unsaturated/α-hetero) is 1. The predicted molar refractivity (Wildman–Crippen MR) is 84.1 cm³/mol. The van der Waals surface area contributed by atoms with Crippen LogP contribution in [-0.4, -0.2) is 44.9 Å². The van der Waals surface area contributed by atoms with Crippen LogP contribution in [0.15, 0.2) is 24.3 Å². The molecule has 2 N–H and O–H groups in total. The molecule has 120 valence electrons. The van der Waals surface area contributed by atoms with Crippen LogP contribution < -0.4 is 14.7 Å². The van der Waals surface area contributed by atoms with Crippen molar-refractivity contribution in [3.05, 3.63) is 29.8 Å². The van der Waals surface area contributed by atoms with Crippen LogP contribution in [-0.2, 0) is 15.3 Å². The quantitative estimate of drug-likeness (QED) is 0.594. The van der Waals surface area contributed by atoms with Gasteiger partial charge in [-0.2, -0.15) is 0 Å². The minimum Gasteiger partial charge on any atom is -0.303 e. The van der Waals surface area contributed by atoms with Gasteiger partial charge in [-0.3, -0.25) is 19.4 Å². The zero-order valence-corrected chi connectivity index (χ0v) is 13.9. The molecule has 4 saturated heterocycles. The highest BCUT2D eigenvalue weighted by atomic mass is 16.2. The fraction of sp³-hybridized carbons (Fsp3) is 0.556. The highest BCUT2D eigenvalue weighted by Gasteiger charge is 2.78. The SMILES string of the molecule is CN1C(=O)C2(c3ccccc31)[NH+]1CC3(C)C[NH+]2CC(C)(C1)C3=O. The molecule has 0 atom stereocenters. The van der Waals surface area contributed by atoms with Crippen molar-refractivity contribution < 1.29 is 19.4 Å². The predicted octanol–water partition coefficient (Wildman–Crippen LogP) is -1.79. The second-order valence-corrected chi connectivity index (χ2v) is 8.50. The van der Waals surface area contributed by atoms with E-state index in [1.807, 2.05) is 30.1 Å². The second kappa shape index (κ2) is 3.68. The summed E-state index contributed by atoms with van der Waals surface area (Å²) >= 11 is 0. The fourth-order valence-electron chi connectivity index (χ4n) is 6.21. The van der Waals surface area contributed by atoms with Gasteiger partial charge in [-0.05, 0) is 26.0 Å². The Labute approximate surface area is 135 Å². The van der Waals surface area contributed by atoms with E-state index in [1.54, 1.807) is 0 Å². The molecule has 5 nitrogen and oxygen atoms in total. The number of piperidine rings is 2. The number of para-hydroxylation sites is 1. The lowest BCUT2D eigenvalue weighted by Crippen LogP contribution is -3.48. The number of carbonyl (C=O) groups is 2. The zero-order chi connectivity index (χ0) is 16.2. The molecule has 0 aliphatic carbocycles. The minimum absolute atomic E-state index is 0.196. The lowest BCUT2D eigenvalue weighted by atomic mass is 9.60. The minimum atomic E-state index is -0.537. The number of anilines is 1. The number of fused-ring (bicyclic) bond motifs is 1. The summed E-state index contributed by atoms with van der Waals surface area (Å²) in [6.07, 6.45) is 0. The molecule has 0 aromatic heterocycles. The molecule has 4 fully saturated rings. The van der Waals surface area contributed by atoms with Gasteiger partial charge in [0, 0.05) is 7.05 Å². The van der Waals surface area contributed by atoms with Crippen molar-refractivity contribution in [3.8, 4) is 0 Å². The Morgan fingerprint density at radius 2 is 1.48 bits per heavy atom. The number of amides is 1. The Kier molecular flexibility index (Phi) is 2.19. The molecule has 6 rings (SSSR count). The Morgan fingerprint density at radius 1 is 0.957 bits per heavy atom. The van der Waals surface area contributed by atoms with E-state index in [0.29, 0.717) is 5.78 Å². The van der Waals surface area contributed by atoms with E-state index in [1.165, 1.54) is 9.80 Å². The zero-order valence-electron chi connectivity index (χ0n) is 13.9. The molecule has 0 unspecified atom stereocenters. The van der Waals surface area contributed by atoms with Crippen molar-refractivity contribution in [1.82, 2.24) is 0 Å². The van der Waals surface area contributed by atoms with Crippen LogP contribution >= 0.6 is 0 Å². The number of quaternary nitrogens is 2. The summed E-state index contributed by atoms with van der Waals surface area (Å²) in [5, 5.41) is 0. The number of hydrogen-bond donors (Lipinski definition) is 2. The van der Waals surface area contributed by atoms with Gasteiger partial charge in [0.2, 0.25) is 0 Å². The maximum atomic E-state index is 13.4. The average molecular weight is 313 g/mol. The van der Waals surface area contributed by atoms with Crippen molar-refractivity contribution in [2.45, 2.75) is 19.5 Å². The topological polar surface area (TPSA) is 46.3 Å². The molecule has 0 radical (unpaired) electrons. The molecule has 1 aromatic carbocycles. The number of benzene rings is 1. The first-order chi connectivity index (χ1) is 10.8. The van der Waals surface area contributed by atoms with Crippen molar-refractivity contribution in [2.24, 2.45) is 10.8 Å². The third-order valence-electron chi connectivity index (χ3n) is 6.87. The first kappa shape index (κ1) is 13.7. The molecule has 5 aliphatic rings. The third-order valence-corrected chi connectivity index (χ3v) is 6.87. The number of likely N-dealkylation sites (N-methyl/N-ethyl adjacent to an activating group) is 1. The Bertz CT molecular complexity index is 731. The molecule has 5 heterocycles. The Hall–Kier alpha value is -1.72. The van der Waals surface area contributed by atoms with Crippen LogP contribution in [0.2, 0.25) is 0 Å². The average Bonchev–Trinajstić information content (AvgIpc) is 2.72. The van der Waals surface area contributed by atoms with Crippen LogP contribution in [0, 0.1) is 10.8 Å². The molecule has 5 aliphatic heterocycles. The summed E-state index contributed by atoms with van der Waals surface area (Å²) in [7, 11) is 1.89. The summed E-state index contributed by atoms with van der Waals surface area (Å²) < 4.78 is 0. The van der Waals surface area contributed by atoms with E-state index >= 15 is 0 Å². The van der Waals surface area contributed by atoms with Gasteiger partial charge in [0.15, 0.2) is 5.78 Å². The van der Waals surface area contributed by atoms with Gasteiger partial charge in [0.1, 0.15) is 42.6 Å². The first-order valence-electron chi connectivity index (χ1n) is 8.46. The monoisotopic (exact) mass is 313 g/mol. The lowest BCUT2D eigenvalue weighted by Gasteiger charge is -2.61. The first-order valence-corrected chi connectivity index (χ1v) is 8.46. The number of nitrogens with one attached hydrogen (secondary N) is 2. The highest BCUT2D eigenvalue weighted by molar-refractivity contribution is 6.05. The standard InChI is InChI=1S/C18H21N3O2/c1-16-8-20-10-17(2,14(16)22)11-21(9-16)18(20)12-6-4-5-7-13(12)19(3)15(18)23/h4-7H,8-11H2,1-3H3/p+2. The number of carbonyl (C=O) groups excluding carboxylic acids is 2. The van der Waals surface area contributed by atoms with Crippen molar-refractivity contribution >= 4 is 17.4 Å². The molecule has 4 bridgehead atoms. The van der Waals surface area contributed by atoms with Gasteiger partial charge in [0.05, 0.1) is 5.69 Å². The van der Waals surface area contributed by atoms with Crippen LogP contribution in [0.5, 0.6) is 0 Å². The molecule has 1 amide bonds. The summed E-state index contributed by atoms with van der Waals surface area (Å²) in [5.41, 5.74) is 1.09. The largest absolute Gasteiger partial charge is 0.353 e. The maximum Gasteiger partial charge on any atom is 0.353 e. The van der Waals surface area contributed by atoms with Gasteiger partial charge >= 0.3 is 11.6 Å². The Balaban J connectivity index is 1.75. The molecular weight excluding hydrogens is 290 g/mol. The van der Waals surface area contributed by atoms with Crippen LogP contribution in [0.25, 0.3) is 0 Å². The molecule has 1 aromatic rings. The van der Waals surface area contributed by atoms with Gasteiger partial charge < -0.3 is 4.90 Å². The summed E-state index contributed by atoms with van der Waals surface area (Å²) in [5.74, 6) is 0.613. The number of rotatable bonds is 0. The van der Waals surface area contributed by atoms with Crippen LogP contribution in [0.1, 0.15) is 19.4 Å². The van der Waals surface area contributed by atoms with Crippen molar-refractivity contribution in [2.75, 3.05) is 38.1 Å². The number of ketones is 1. The molecule has 1 spiro atoms.